The molecule has 6 rings (SSSR count). The monoisotopic (exact) mass is 734 g/mol. The first-order valence-electron chi connectivity index (χ1n) is 16.4. The molecular weight excluding hydrogens is 695 g/mol. The zero-order chi connectivity index (χ0) is 36.6. The number of anilines is 3. The summed E-state index contributed by atoms with van der Waals surface area (Å²) in [5.41, 5.74) is 2.29. The van der Waals surface area contributed by atoms with Crippen LogP contribution in [-0.4, -0.2) is 77.9 Å². The first kappa shape index (κ1) is 36.0. The van der Waals surface area contributed by atoms with Crippen LogP contribution in [0, 0.1) is 5.82 Å². The van der Waals surface area contributed by atoms with E-state index in [1.165, 1.54) is 22.8 Å². The van der Waals surface area contributed by atoms with E-state index in [-0.39, 0.29) is 57.5 Å². The summed E-state index contributed by atoms with van der Waals surface area (Å²) in [5, 5.41) is 3.48. The van der Waals surface area contributed by atoms with E-state index in [4.69, 9.17) is 21.3 Å². The molecule has 1 fully saturated rings. The number of amidine groups is 1. The Morgan fingerprint density at radius 3 is 2.51 bits per heavy atom. The lowest BCUT2D eigenvalue weighted by molar-refractivity contribution is -0.130. The number of halogens is 2. The largest absolute Gasteiger partial charge is 0.497 e. The number of rotatable bonds is 8. The quantitative estimate of drug-likeness (QED) is 0.155. The van der Waals surface area contributed by atoms with Crippen molar-refractivity contribution in [1.82, 2.24) is 24.8 Å². The second-order valence-corrected chi connectivity index (χ2v) is 14.7. The lowest BCUT2D eigenvalue weighted by atomic mass is 10.0. The molecule has 2 aromatic carbocycles. The van der Waals surface area contributed by atoms with E-state index < -0.39 is 16.8 Å². The number of hydrogen-bond donors (Lipinski definition) is 3. The van der Waals surface area contributed by atoms with Crippen LogP contribution in [0.4, 0.5) is 21.7 Å². The Hall–Kier alpha value is -4.76. The second kappa shape index (κ2) is 14.5. The smallest absolute Gasteiger partial charge is 0.246 e. The van der Waals surface area contributed by atoms with E-state index in [0.29, 0.717) is 42.5 Å². The van der Waals surface area contributed by atoms with Gasteiger partial charge in [-0.25, -0.2) is 19.3 Å². The first-order chi connectivity index (χ1) is 24.3. The van der Waals surface area contributed by atoms with Crippen molar-refractivity contribution in [3.05, 3.63) is 101 Å². The summed E-state index contributed by atoms with van der Waals surface area (Å²) in [4.78, 5) is 30.3. The average molecular weight is 735 g/mol. The number of benzene rings is 2. The zero-order valence-corrected chi connectivity index (χ0v) is 30.5. The van der Waals surface area contributed by atoms with E-state index in [1.54, 1.807) is 36.3 Å². The number of methoxy groups -OCH3 is 1. The average Bonchev–Trinajstić information content (AvgIpc) is 3.11. The fourth-order valence-corrected chi connectivity index (χ4v) is 7.88. The van der Waals surface area contributed by atoms with Gasteiger partial charge in [-0.2, -0.15) is 4.31 Å². The minimum atomic E-state index is -4.11. The van der Waals surface area contributed by atoms with Gasteiger partial charge in [0.2, 0.25) is 5.91 Å². The highest BCUT2D eigenvalue weighted by molar-refractivity contribution is 8.24. The van der Waals surface area contributed by atoms with Crippen LogP contribution in [0.1, 0.15) is 50.4 Å². The molecule has 4 heterocycles. The Morgan fingerprint density at radius 2 is 1.84 bits per heavy atom. The SMILES string of the molecule is C=CC(=O)N1C[C@H](C)N(C2=NS(O)(O)N(c3c(NCc4ccc(OC)cc4)ncnc3C(C)C)c3nc(-c4ccccc4F)c(Cl)cc32)C[C@H]1C. The molecule has 268 valence electrons. The molecule has 0 saturated carbocycles. The fraction of sp³-hybridized carbons (Fsp3) is 0.306. The highest BCUT2D eigenvalue weighted by Gasteiger charge is 2.43. The third-order valence-electron chi connectivity index (χ3n) is 8.91. The summed E-state index contributed by atoms with van der Waals surface area (Å²) < 4.78 is 50.7. The summed E-state index contributed by atoms with van der Waals surface area (Å²) in [6.45, 7) is 12.3. The third kappa shape index (κ3) is 6.96. The molecule has 4 aromatic rings. The van der Waals surface area contributed by atoms with Crippen molar-refractivity contribution in [2.45, 2.75) is 52.2 Å². The predicted molar refractivity (Wildman–Crippen MR) is 200 cm³/mol. The Bertz CT molecular complexity index is 2000. The number of piperazine rings is 1. The zero-order valence-electron chi connectivity index (χ0n) is 28.9. The number of carbonyl (C=O) groups excluding carboxylic acids is 1. The minimum Gasteiger partial charge on any atom is -0.497 e. The van der Waals surface area contributed by atoms with E-state index in [1.807, 2.05) is 56.9 Å². The summed E-state index contributed by atoms with van der Waals surface area (Å²) in [7, 11) is -2.51. The number of fused-ring (bicyclic) bond motifs is 1. The Morgan fingerprint density at radius 1 is 1.12 bits per heavy atom. The summed E-state index contributed by atoms with van der Waals surface area (Å²) in [5.74, 6) is 0.374. The van der Waals surface area contributed by atoms with Gasteiger partial charge in [0.15, 0.2) is 17.5 Å². The van der Waals surface area contributed by atoms with Gasteiger partial charge < -0.3 is 19.9 Å². The molecule has 1 amide bonds. The minimum absolute atomic E-state index is 0.0799. The van der Waals surface area contributed by atoms with Crippen molar-refractivity contribution in [3.63, 3.8) is 0 Å². The molecular formula is C36H40ClFN8O4S. The number of nitrogens with zero attached hydrogens (tertiary/aromatic N) is 7. The molecule has 51 heavy (non-hydrogen) atoms. The van der Waals surface area contributed by atoms with Gasteiger partial charge in [0.25, 0.3) is 0 Å². The van der Waals surface area contributed by atoms with E-state index in [0.717, 1.165) is 5.56 Å². The van der Waals surface area contributed by atoms with Crippen LogP contribution in [0.15, 0.2) is 78.0 Å². The van der Waals surface area contributed by atoms with Crippen LogP contribution in [-0.2, 0) is 11.3 Å². The Balaban J connectivity index is 1.54. The molecule has 0 radical (unpaired) electrons. The topological polar surface area (TPSA) is 140 Å². The van der Waals surface area contributed by atoms with E-state index in [9.17, 15) is 13.9 Å². The van der Waals surface area contributed by atoms with Gasteiger partial charge in [-0.3, -0.25) is 13.9 Å². The molecule has 15 heteroatoms. The molecule has 0 unspecified atom stereocenters. The Kier molecular flexibility index (Phi) is 10.2. The van der Waals surface area contributed by atoms with Crippen LogP contribution < -0.4 is 14.4 Å². The molecule has 2 atom stereocenters. The van der Waals surface area contributed by atoms with Crippen LogP contribution >= 0.6 is 22.6 Å². The number of ether oxygens (including phenoxy) is 1. The van der Waals surface area contributed by atoms with Crippen molar-refractivity contribution in [3.8, 4) is 17.0 Å². The summed E-state index contributed by atoms with van der Waals surface area (Å²) in [6, 6.07) is 14.7. The lowest BCUT2D eigenvalue weighted by Gasteiger charge is -2.49. The van der Waals surface area contributed by atoms with Crippen molar-refractivity contribution in [1.29, 1.82) is 0 Å². The van der Waals surface area contributed by atoms with Crippen LogP contribution in [0.2, 0.25) is 5.02 Å². The number of aromatic nitrogens is 3. The second-order valence-electron chi connectivity index (χ2n) is 12.7. The van der Waals surface area contributed by atoms with Crippen molar-refractivity contribution >= 4 is 51.6 Å². The van der Waals surface area contributed by atoms with Crippen molar-refractivity contribution in [2.75, 3.05) is 29.8 Å². The molecule has 1 saturated heterocycles. The number of pyridine rings is 1. The maximum atomic E-state index is 15.3. The van der Waals surface area contributed by atoms with Gasteiger partial charge in [0.1, 0.15) is 23.6 Å². The van der Waals surface area contributed by atoms with Gasteiger partial charge in [0, 0.05) is 37.3 Å². The number of hydrogen-bond acceptors (Lipinski definition) is 11. The normalized spacial score (nSPS) is 18.9. The number of nitrogens with one attached hydrogen (secondary N) is 1. The fourth-order valence-electron chi connectivity index (χ4n) is 6.32. The van der Waals surface area contributed by atoms with Gasteiger partial charge in [0.05, 0.1) is 29.1 Å². The molecule has 2 aromatic heterocycles. The standard InChI is InChI=1S/C36H40ClFN8O4S/c1-7-30(47)44-18-23(5)45(19-22(44)4)36-27-16-28(37)32(26-10-8-9-11-29(26)38)42-35(27)46(51(48,49)43-36)33-31(21(2)3)40-20-41-34(33)39-17-24-12-14-25(50-6)15-13-24/h7-16,20-23,48-49H,1,17-19H2,2-6H3,(H,39,40,41)/t22-,23+/m1/s1. The maximum absolute atomic E-state index is 15.3. The summed E-state index contributed by atoms with van der Waals surface area (Å²) >= 11 is 6.89. The molecule has 2 aliphatic rings. The van der Waals surface area contributed by atoms with Crippen LogP contribution in [0.5, 0.6) is 5.75 Å². The van der Waals surface area contributed by atoms with Gasteiger partial charge in [-0.05, 0) is 72.7 Å². The molecule has 0 aliphatic carbocycles. The highest BCUT2D eigenvalue weighted by atomic mass is 35.5. The molecule has 12 nitrogen and oxygen atoms in total. The van der Waals surface area contributed by atoms with Crippen molar-refractivity contribution < 1.29 is 23.0 Å². The summed E-state index contributed by atoms with van der Waals surface area (Å²) in [6.07, 6.45) is 2.69. The molecule has 0 bridgehead atoms. The maximum Gasteiger partial charge on any atom is 0.246 e. The molecule has 0 spiro atoms. The van der Waals surface area contributed by atoms with Gasteiger partial charge in [-0.15, -0.1) is 4.40 Å². The van der Waals surface area contributed by atoms with Gasteiger partial charge in [-0.1, -0.05) is 56.3 Å². The van der Waals surface area contributed by atoms with Gasteiger partial charge >= 0.3 is 0 Å². The van der Waals surface area contributed by atoms with E-state index >= 15 is 4.39 Å². The number of carbonyl (C=O) groups is 1. The van der Waals surface area contributed by atoms with Crippen molar-refractivity contribution in [2.24, 2.45) is 4.40 Å². The van der Waals surface area contributed by atoms with Crippen LogP contribution in [0.25, 0.3) is 11.3 Å². The van der Waals surface area contributed by atoms with E-state index in [2.05, 4.69) is 26.3 Å². The molecule has 3 N–H and O–H groups in total. The Labute approximate surface area is 303 Å². The third-order valence-corrected chi connectivity index (χ3v) is 10.5. The van der Waals surface area contributed by atoms with Crippen LogP contribution in [0.3, 0.4) is 0 Å². The predicted octanol–water partition coefficient (Wildman–Crippen LogP) is 7.66. The highest BCUT2D eigenvalue weighted by Crippen LogP contribution is 2.59. The lowest BCUT2D eigenvalue weighted by Crippen LogP contribution is -2.59. The first-order valence-corrected chi connectivity index (χ1v) is 18.2. The number of amides is 1. The molecule has 2 aliphatic heterocycles.